The minimum atomic E-state index is -3.96. The zero-order chi connectivity index (χ0) is 11.8. The van der Waals surface area contributed by atoms with Crippen molar-refractivity contribution in [1.82, 2.24) is 0 Å². The van der Waals surface area contributed by atoms with Crippen molar-refractivity contribution in [2.75, 3.05) is 0 Å². The highest BCUT2D eigenvalue weighted by molar-refractivity contribution is 7.89. The molecule has 0 aliphatic carbocycles. The fourth-order valence-electron chi connectivity index (χ4n) is 1.17. The molecule has 0 aliphatic rings. The number of carboxylic acids is 1. The van der Waals surface area contributed by atoms with Crippen molar-refractivity contribution in [3.8, 4) is 0 Å². The number of primary sulfonamides is 1. The first-order valence-electron chi connectivity index (χ1n) is 3.79. The second kappa shape index (κ2) is 3.80. The minimum Gasteiger partial charge on any atom is -0.478 e. The van der Waals surface area contributed by atoms with Crippen LogP contribution in [0, 0.1) is 6.92 Å². The Morgan fingerprint density at radius 3 is 2.40 bits per heavy atom. The average Bonchev–Trinajstić information content (AvgIpc) is 2.06. The Labute approximate surface area is 91.5 Å². The van der Waals surface area contributed by atoms with Gasteiger partial charge in [0.1, 0.15) is 0 Å². The zero-order valence-corrected chi connectivity index (χ0v) is 9.26. The number of carbonyl (C=O) groups is 1. The van der Waals surface area contributed by atoms with E-state index in [0.717, 1.165) is 6.07 Å². The molecule has 0 heterocycles. The van der Waals surface area contributed by atoms with Crippen LogP contribution in [0.1, 0.15) is 15.9 Å². The molecule has 1 aromatic rings. The third-order valence-electron chi connectivity index (χ3n) is 1.86. The summed E-state index contributed by atoms with van der Waals surface area (Å²) >= 11 is 5.59. The van der Waals surface area contributed by atoms with E-state index in [4.69, 9.17) is 21.8 Å². The zero-order valence-electron chi connectivity index (χ0n) is 7.69. The van der Waals surface area contributed by atoms with Crippen molar-refractivity contribution < 1.29 is 18.3 Å². The van der Waals surface area contributed by atoms with Gasteiger partial charge in [0.25, 0.3) is 0 Å². The van der Waals surface area contributed by atoms with Crippen LogP contribution in [0.5, 0.6) is 0 Å². The molecule has 0 atom stereocenters. The van der Waals surface area contributed by atoms with Crippen LogP contribution in [0.2, 0.25) is 5.02 Å². The molecule has 0 unspecified atom stereocenters. The second-order valence-corrected chi connectivity index (χ2v) is 4.89. The third kappa shape index (κ3) is 2.47. The SMILES string of the molecule is Cc1c(C(=O)O)cc(Cl)cc1S(N)(=O)=O. The van der Waals surface area contributed by atoms with Gasteiger partial charge in [0, 0.05) is 5.02 Å². The molecule has 3 N–H and O–H groups in total. The highest BCUT2D eigenvalue weighted by Crippen LogP contribution is 2.23. The van der Waals surface area contributed by atoms with Gasteiger partial charge in [0.15, 0.2) is 0 Å². The number of benzene rings is 1. The van der Waals surface area contributed by atoms with Gasteiger partial charge in [-0.05, 0) is 24.6 Å². The third-order valence-corrected chi connectivity index (χ3v) is 3.12. The van der Waals surface area contributed by atoms with Crippen LogP contribution in [0.25, 0.3) is 0 Å². The molecule has 0 aliphatic heterocycles. The summed E-state index contributed by atoms with van der Waals surface area (Å²) in [6, 6.07) is 2.30. The average molecular weight is 250 g/mol. The number of nitrogens with two attached hydrogens (primary N) is 1. The number of halogens is 1. The molecule has 82 valence electrons. The van der Waals surface area contributed by atoms with Crippen LogP contribution in [0.4, 0.5) is 0 Å². The molecule has 0 bridgehead atoms. The van der Waals surface area contributed by atoms with Crippen LogP contribution in [-0.4, -0.2) is 19.5 Å². The molecule has 1 rings (SSSR count). The molecule has 0 radical (unpaired) electrons. The van der Waals surface area contributed by atoms with Gasteiger partial charge in [-0.3, -0.25) is 0 Å². The van der Waals surface area contributed by atoms with E-state index >= 15 is 0 Å². The summed E-state index contributed by atoms with van der Waals surface area (Å²) in [5.74, 6) is -1.25. The molecule has 5 nitrogen and oxygen atoms in total. The van der Waals surface area contributed by atoms with Gasteiger partial charge in [-0.25, -0.2) is 18.4 Å². The van der Waals surface area contributed by atoms with Crippen LogP contribution >= 0.6 is 11.6 Å². The summed E-state index contributed by atoms with van der Waals surface area (Å²) in [6.07, 6.45) is 0. The summed E-state index contributed by atoms with van der Waals surface area (Å²) in [5, 5.41) is 13.7. The molecule has 0 spiro atoms. The van der Waals surface area contributed by atoms with Crippen LogP contribution in [-0.2, 0) is 10.0 Å². The highest BCUT2D eigenvalue weighted by Gasteiger charge is 2.18. The molecule has 0 aromatic heterocycles. The maximum Gasteiger partial charge on any atom is 0.336 e. The number of carboxylic acid groups (broad SMARTS) is 1. The Morgan fingerprint density at radius 1 is 1.47 bits per heavy atom. The molecule has 0 fully saturated rings. The number of sulfonamides is 1. The lowest BCUT2D eigenvalue weighted by Gasteiger charge is -2.07. The number of hydrogen-bond acceptors (Lipinski definition) is 3. The van der Waals surface area contributed by atoms with Gasteiger partial charge in [-0.15, -0.1) is 0 Å². The van der Waals surface area contributed by atoms with Crippen molar-refractivity contribution >= 4 is 27.6 Å². The van der Waals surface area contributed by atoms with Gasteiger partial charge >= 0.3 is 5.97 Å². The Balaban J connectivity index is 3.63. The van der Waals surface area contributed by atoms with E-state index in [1.54, 1.807) is 0 Å². The Kier molecular flexibility index (Phi) is 3.03. The predicted molar refractivity (Wildman–Crippen MR) is 54.5 cm³/mol. The van der Waals surface area contributed by atoms with Gasteiger partial charge < -0.3 is 5.11 Å². The summed E-state index contributed by atoms with van der Waals surface area (Å²) in [4.78, 5) is 10.5. The molecule has 1 aromatic carbocycles. The maximum atomic E-state index is 11.1. The quantitative estimate of drug-likeness (QED) is 0.817. The first-order chi connectivity index (χ1) is 6.73. The standard InChI is InChI=1S/C8H8ClNO4S/c1-4-6(8(11)12)2-5(9)3-7(4)15(10,13)14/h2-3H,1H3,(H,11,12)(H2,10,13,14). The molecule has 15 heavy (non-hydrogen) atoms. The molecule has 0 amide bonds. The lowest BCUT2D eigenvalue weighted by molar-refractivity contribution is 0.0696. The van der Waals surface area contributed by atoms with Crippen LogP contribution < -0.4 is 5.14 Å². The van der Waals surface area contributed by atoms with Gasteiger partial charge in [0.05, 0.1) is 10.5 Å². The maximum absolute atomic E-state index is 11.1. The fraction of sp³-hybridized carbons (Fsp3) is 0.125. The summed E-state index contributed by atoms with van der Waals surface area (Å²) in [5.41, 5.74) is -0.0964. The molecule has 7 heteroatoms. The van der Waals surface area contributed by atoms with Gasteiger partial charge in [-0.1, -0.05) is 11.6 Å². The summed E-state index contributed by atoms with van der Waals surface area (Å²) < 4.78 is 22.2. The molecule has 0 saturated carbocycles. The number of hydrogen-bond donors (Lipinski definition) is 2. The number of rotatable bonds is 2. The largest absolute Gasteiger partial charge is 0.478 e. The van der Waals surface area contributed by atoms with Crippen molar-refractivity contribution in [2.45, 2.75) is 11.8 Å². The first kappa shape index (κ1) is 12.0. The lowest BCUT2D eigenvalue weighted by atomic mass is 10.1. The summed E-state index contributed by atoms with van der Waals surface area (Å²) in [7, 11) is -3.96. The molecular weight excluding hydrogens is 242 g/mol. The van der Waals surface area contributed by atoms with Crippen molar-refractivity contribution in [3.05, 3.63) is 28.3 Å². The fourth-order valence-corrected chi connectivity index (χ4v) is 2.28. The highest BCUT2D eigenvalue weighted by atomic mass is 35.5. The van der Waals surface area contributed by atoms with Crippen molar-refractivity contribution in [3.63, 3.8) is 0 Å². The Hall–Kier alpha value is -1.11. The lowest BCUT2D eigenvalue weighted by Crippen LogP contribution is -2.15. The predicted octanol–water partition coefficient (Wildman–Crippen LogP) is 0.994. The monoisotopic (exact) mass is 249 g/mol. The topological polar surface area (TPSA) is 97.5 Å². The minimum absolute atomic E-state index is 0.0158. The van der Waals surface area contributed by atoms with Crippen molar-refractivity contribution in [2.24, 2.45) is 5.14 Å². The molecular formula is C8H8ClNO4S. The van der Waals surface area contributed by atoms with Crippen molar-refractivity contribution in [1.29, 1.82) is 0 Å². The van der Waals surface area contributed by atoms with E-state index in [9.17, 15) is 13.2 Å². The molecule has 0 saturated heterocycles. The first-order valence-corrected chi connectivity index (χ1v) is 5.72. The van der Waals surface area contributed by atoms with Gasteiger partial charge in [0.2, 0.25) is 10.0 Å². The Bertz CT molecular complexity index is 524. The smallest absolute Gasteiger partial charge is 0.336 e. The Morgan fingerprint density at radius 2 is 2.00 bits per heavy atom. The van der Waals surface area contributed by atoms with Gasteiger partial charge in [-0.2, -0.15) is 0 Å². The van der Waals surface area contributed by atoms with Crippen LogP contribution in [0.3, 0.4) is 0 Å². The number of aromatic carboxylic acids is 1. The van der Waals surface area contributed by atoms with E-state index in [0.29, 0.717) is 0 Å². The van der Waals surface area contributed by atoms with E-state index < -0.39 is 16.0 Å². The van der Waals surface area contributed by atoms with E-state index in [1.807, 2.05) is 0 Å². The normalized spacial score (nSPS) is 11.4. The van der Waals surface area contributed by atoms with E-state index in [2.05, 4.69) is 0 Å². The van der Waals surface area contributed by atoms with E-state index in [-0.39, 0.29) is 21.0 Å². The summed E-state index contributed by atoms with van der Waals surface area (Å²) in [6.45, 7) is 1.36. The van der Waals surface area contributed by atoms with Crippen LogP contribution in [0.15, 0.2) is 17.0 Å². The second-order valence-electron chi connectivity index (χ2n) is 2.93. The van der Waals surface area contributed by atoms with E-state index in [1.165, 1.54) is 13.0 Å².